The quantitative estimate of drug-likeness (QED) is 0.692. The molecule has 3 aromatic heterocycles. The number of thiophene rings is 1. The highest BCUT2D eigenvalue weighted by Crippen LogP contribution is 2.31. The van der Waals surface area contributed by atoms with Crippen LogP contribution in [0, 0.1) is 0 Å². The average Bonchev–Trinajstić information content (AvgIpc) is 3.30. The van der Waals surface area contributed by atoms with Gasteiger partial charge in [0, 0.05) is 4.88 Å². The van der Waals surface area contributed by atoms with Crippen LogP contribution in [-0.2, 0) is 22.4 Å². The van der Waals surface area contributed by atoms with Crippen molar-refractivity contribution in [1.82, 2.24) is 19.9 Å². The predicted octanol–water partition coefficient (Wildman–Crippen LogP) is 2.09. The first kappa shape index (κ1) is 15.7. The van der Waals surface area contributed by atoms with E-state index in [1.165, 1.54) is 41.4 Å². The molecule has 3 aromatic rings. The fraction of sp³-hybridized carbons (Fsp3) is 0.312. The molecular formula is C16H15N5O3S. The van der Waals surface area contributed by atoms with Gasteiger partial charge in [0.15, 0.2) is 17.6 Å². The van der Waals surface area contributed by atoms with Crippen molar-refractivity contribution < 1.29 is 14.3 Å². The number of aryl methyl sites for hydroxylation is 2. The molecule has 0 saturated heterocycles. The molecule has 0 spiro atoms. The summed E-state index contributed by atoms with van der Waals surface area (Å²) in [6, 6.07) is 1.87. The molecule has 2 N–H and O–H groups in total. The van der Waals surface area contributed by atoms with Crippen LogP contribution in [0.5, 0.6) is 0 Å². The number of nitrogens with one attached hydrogen (secondary N) is 2. The Morgan fingerprint density at radius 3 is 3.04 bits per heavy atom. The lowest BCUT2D eigenvalue weighted by Crippen LogP contribution is -2.30. The largest absolute Gasteiger partial charge is 0.448 e. The summed E-state index contributed by atoms with van der Waals surface area (Å²) in [6.45, 7) is 1.53. The van der Waals surface area contributed by atoms with Gasteiger partial charge in [0.05, 0.1) is 6.33 Å². The van der Waals surface area contributed by atoms with Crippen LogP contribution in [-0.4, -0.2) is 37.9 Å². The number of ether oxygens (including phenoxy) is 1. The summed E-state index contributed by atoms with van der Waals surface area (Å²) in [5, 5.41) is 2.63. The SMILES string of the molecule is CC(OC(=O)c1cc2c(s1)CCC2)C(=O)Nc1ncnc2nc[nH]c12. The summed E-state index contributed by atoms with van der Waals surface area (Å²) >= 11 is 1.45. The molecule has 9 heteroatoms. The van der Waals surface area contributed by atoms with E-state index in [-0.39, 0.29) is 0 Å². The zero-order valence-corrected chi connectivity index (χ0v) is 14.2. The number of carbonyl (C=O) groups is 2. The number of hydrogen-bond acceptors (Lipinski definition) is 7. The van der Waals surface area contributed by atoms with Crippen LogP contribution in [0.3, 0.4) is 0 Å². The van der Waals surface area contributed by atoms with Crippen LogP contribution in [0.15, 0.2) is 18.7 Å². The number of aromatic nitrogens is 4. The third-order valence-corrected chi connectivity index (χ3v) is 5.28. The first-order valence-corrected chi connectivity index (χ1v) is 8.71. The minimum absolute atomic E-state index is 0.297. The lowest BCUT2D eigenvalue weighted by Gasteiger charge is -2.12. The fourth-order valence-corrected chi connectivity index (χ4v) is 3.92. The van der Waals surface area contributed by atoms with Crippen molar-refractivity contribution in [1.29, 1.82) is 0 Å². The smallest absolute Gasteiger partial charge is 0.349 e. The summed E-state index contributed by atoms with van der Waals surface area (Å²) in [4.78, 5) is 41.2. The summed E-state index contributed by atoms with van der Waals surface area (Å²) in [6.07, 6.45) is 4.98. The van der Waals surface area contributed by atoms with Gasteiger partial charge < -0.3 is 15.0 Å². The van der Waals surface area contributed by atoms with E-state index in [2.05, 4.69) is 25.3 Å². The summed E-state index contributed by atoms with van der Waals surface area (Å²) in [5.74, 6) is -0.644. The van der Waals surface area contributed by atoms with Crippen molar-refractivity contribution in [3.63, 3.8) is 0 Å². The van der Waals surface area contributed by atoms with Crippen LogP contribution >= 0.6 is 11.3 Å². The van der Waals surface area contributed by atoms with E-state index >= 15 is 0 Å². The van der Waals surface area contributed by atoms with Gasteiger partial charge in [-0.05, 0) is 37.8 Å². The molecule has 1 aliphatic rings. The Morgan fingerprint density at radius 2 is 2.20 bits per heavy atom. The molecule has 4 rings (SSSR count). The molecule has 3 heterocycles. The lowest BCUT2D eigenvalue weighted by molar-refractivity contribution is -0.123. The standard InChI is InChI=1S/C16H15N5O3S/c1-8(24-16(23)11-5-9-3-2-4-10(9)25-11)15(22)21-14-12-13(18-6-17-12)19-7-20-14/h5-8H,2-4H2,1H3,(H2,17,18,19,20,21,22). The van der Waals surface area contributed by atoms with E-state index < -0.39 is 18.0 Å². The Hall–Kier alpha value is -2.81. The number of rotatable bonds is 4. The van der Waals surface area contributed by atoms with Crippen LogP contribution in [0.1, 0.15) is 33.5 Å². The van der Waals surface area contributed by atoms with E-state index in [1.807, 2.05) is 6.07 Å². The van der Waals surface area contributed by atoms with E-state index in [4.69, 9.17) is 4.74 Å². The monoisotopic (exact) mass is 357 g/mol. The maximum atomic E-state index is 12.3. The van der Waals surface area contributed by atoms with Gasteiger partial charge >= 0.3 is 5.97 Å². The van der Waals surface area contributed by atoms with E-state index in [0.29, 0.717) is 21.9 Å². The molecule has 1 aliphatic carbocycles. The average molecular weight is 357 g/mol. The fourth-order valence-electron chi connectivity index (χ4n) is 2.78. The second-order valence-electron chi connectivity index (χ2n) is 5.77. The normalized spacial score (nSPS) is 14.3. The van der Waals surface area contributed by atoms with Crippen molar-refractivity contribution in [2.45, 2.75) is 32.3 Å². The molecule has 1 unspecified atom stereocenters. The van der Waals surface area contributed by atoms with Gasteiger partial charge in [0.1, 0.15) is 16.7 Å². The molecule has 0 radical (unpaired) electrons. The minimum atomic E-state index is -0.947. The minimum Gasteiger partial charge on any atom is -0.448 e. The molecule has 0 saturated carbocycles. The van der Waals surface area contributed by atoms with Crippen LogP contribution < -0.4 is 5.32 Å². The van der Waals surface area contributed by atoms with Gasteiger partial charge in [0.2, 0.25) is 0 Å². The van der Waals surface area contributed by atoms with E-state index in [9.17, 15) is 9.59 Å². The summed E-state index contributed by atoms with van der Waals surface area (Å²) < 4.78 is 5.29. The number of aromatic amines is 1. The van der Waals surface area contributed by atoms with Gasteiger partial charge in [0.25, 0.3) is 5.91 Å². The third-order valence-electron chi connectivity index (χ3n) is 4.07. The van der Waals surface area contributed by atoms with Crippen molar-refractivity contribution in [3.8, 4) is 0 Å². The second-order valence-corrected chi connectivity index (χ2v) is 6.91. The van der Waals surface area contributed by atoms with Crippen LogP contribution in [0.25, 0.3) is 11.2 Å². The highest BCUT2D eigenvalue weighted by Gasteiger charge is 2.24. The van der Waals surface area contributed by atoms with Crippen LogP contribution in [0.2, 0.25) is 0 Å². The maximum absolute atomic E-state index is 12.3. The maximum Gasteiger partial charge on any atom is 0.349 e. The molecule has 1 amide bonds. The number of carbonyl (C=O) groups excluding carboxylic acids is 2. The second kappa shape index (κ2) is 6.25. The summed E-state index contributed by atoms with van der Waals surface area (Å²) in [7, 11) is 0. The number of hydrogen-bond donors (Lipinski definition) is 2. The molecule has 0 aromatic carbocycles. The Balaban J connectivity index is 1.43. The molecule has 0 fully saturated rings. The topological polar surface area (TPSA) is 110 Å². The first-order chi connectivity index (χ1) is 12.1. The number of imidazole rings is 1. The number of H-pyrrole nitrogens is 1. The third kappa shape index (κ3) is 2.98. The molecule has 25 heavy (non-hydrogen) atoms. The Labute approximate surface area is 146 Å². The molecule has 1 atom stereocenters. The Bertz CT molecular complexity index is 942. The van der Waals surface area contributed by atoms with Crippen molar-refractivity contribution in [2.75, 3.05) is 5.32 Å². The molecule has 0 bridgehead atoms. The lowest BCUT2D eigenvalue weighted by atomic mass is 10.2. The van der Waals surface area contributed by atoms with Gasteiger partial charge in [-0.2, -0.15) is 0 Å². The van der Waals surface area contributed by atoms with Gasteiger partial charge in [-0.1, -0.05) is 0 Å². The van der Waals surface area contributed by atoms with E-state index in [0.717, 1.165) is 19.3 Å². The number of fused-ring (bicyclic) bond motifs is 2. The Kier molecular flexibility index (Phi) is 3.92. The van der Waals surface area contributed by atoms with Crippen molar-refractivity contribution in [2.24, 2.45) is 0 Å². The van der Waals surface area contributed by atoms with Gasteiger partial charge in [-0.3, -0.25) is 4.79 Å². The Morgan fingerprint density at radius 1 is 1.32 bits per heavy atom. The van der Waals surface area contributed by atoms with Crippen molar-refractivity contribution >= 4 is 40.2 Å². The zero-order chi connectivity index (χ0) is 17.4. The van der Waals surface area contributed by atoms with Crippen molar-refractivity contribution in [3.05, 3.63) is 34.0 Å². The molecule has 0 aliphatic heterocycles. The number of nitrogens with zero attached hydrogens (tertiary/aromatic N) is 3. The highest BCUT2D eigenvalue weighted by atomic mass is 32.1. The molecule has 8 nitrogen and oxygen atoms in total. The molecular weight excluding hydrogens is 342 g/mol. The number of esters is 1. The molecule has 128 valence electrons. The van der Waals surface area contributed by atoms with E-state index in [1.54, 1.807) is 0 Å². The summed E-state index contributed by atoms with van der Waals surface area (Å²) in [5.41, 5.74) is 2.18. The predicted molar refractivity (Wildman–Crippen MR) is 91.5 cm³/mol. The number of anilines is 1. The van der Waals surface area contributed by atoms with Crippen LogP contribution in [0.4, 0.5) is 5.82 Å². The first-order valence-electron chi connectivity index (χ1n) is 7.89. The van der Waals surface area contributed by atoms with Gasteiger partial charge in [-0.25, -0.2) is 19.7 Å². The zero-order valence-electron chi connectivity index (χ0n) is 13.4. The van der Waals surface area contributed by atoms with Gasteiger partial charge in [-0.15, -0.1) is 11.3 Å². The highest BCUT2D eigenvalue weighted by molar-refractivity contribution is 7.14. The number of amides is 1.